The summed E-state index contributed by atoms with van der Waals surface area (Å²) in [7, 11) is 0. The Morgan fingerprint density at radius 1 is 0.836 bits per heavy atom. The zero-order valence-corrected chi connectivity index (χ0v) is 40.0. The monoisotopic (exact) mass is 952 g/mol. The predicted molar refractivity (Wildman–Crippen MR) is 258 cm³/mol. The van der Waals surface area contributed by atoms with Gasteiger partial charge in [0.05, 0.1) is 60.0 Å². The van der Waals surface area contributed by atoms with E-state index in [0.29, 0.717) is 63.1 Å². The van der Waals surface area contributed by atoms with Crippen LogP contribution in [0.5, 0.6) is 23.0 Å². The third kappa shape index (κ3) is 13.0. The van der Waals surface area contributed by atoms with Crippen LogP contribution >= 0.6 is 22.7 Å². The summed E-state index contributed by atoms with van der Waals surface area (Å²) < 4.78 is 43.5. The van der Waals surface area contributed by atoms with E-state index in [0.717, 1.165) is 42.2 Å². The van der Waals surface area contributed by atoms with Gasteiger partial charge in [-0.05, 0) is 103 Å². The molecule has 1 unspecified atom stereocenters. The van der Waals surface area contributed by atoms with Crippen LogP contribution in [0.25, 0.3) is 31.0 Å². The topological polar surface area (TPSA) is 158 Å². The fourth-order valence-corrected chi connectivity index (χ4v) is 9.69. The highest BCUT2D eigenvalue weighted by atomic mass is 32.1. The second-order valence-corrected chi connectivity index (χ2v) is 19.2. The van der Waals surface area contributed by atoms with Gasteiger partial charge in [-0.25, -0.2) is 9.37 Å². The molecule has 0 aliphatic carbocycles. The molecule has 1 fully saturated rings. The van der Waals surface area contributed by atoms with E-state index in [4.69, 9.17) is 23.7 Å². The maximum absolute atomic E-state index is 14.0. The van der Waals surface area contributed by atoms with Gasteiger partial charge in [-0.3, -0.25) is 14.4 Å². The molecule has 1 aliphatic rings. The summed E-state index contributed by atoms with van der Waals surface area (Å²) in [6.07, 6.45) is 1.23. The van der Waals surface area contributed by atoms with E-state index < -0.39 is 23.4 Å². The molecule has 1 aliphatic heterocycles. The van der Waals surface area contributed by atoms with Crippen LogP contribution in [0.2, 0.25) is 0 Å². The molecule has 0 radical (unpaired) electrons. The zero-order chi connectivity index (χ0) is 47.5. The number of aromatic hydroxyl groups is 1. The van der Waals surface area contributed by atoms with Gasteiger partial charge < -0.3 is 44.3 Å². The summed E-state index contributed by atoms with van der Waals surface area (Å²) in [6, 6.07) is 24.8. The average Bonchev–Trinajstić information content (AvgIpc) is 4.07. The minimum absolute atomic E-state index is 0.152. The first-order valence-electron chi connectivity index (χ1n) is 22.3. The Balaban J connectivity index is 0.770. The summed E-state index contributed by atoms with van der Waals surface area (Å²) in [5.41, 5.74) is 5.03. The number of aromatic nitrogens is 1. The van der Waals surface area contributed by atoms with E-state index in [2.05, 4.69) is 15.6 Å². The fourth-order valence-electron chi connectivity index (χ4n) is 7.71. The number of hydrogen-bond acceptors (Lipinski definition) is 12. The lowest BCUT2D eigenvalue weighted by Crippen LogP contribution is -2.58. The molecule has 0 bridgehead atoms. The van der Waals surface area contributed by atoms with E-state index in [1.807, 2.05) is 64.4 Å². The van der Waals surface area contributed by atoms with Crippen molar-refractivity contribution in [1.29, 1.82) is 0 Å². The minimum atomic E-state index is -0.860. The summed E-state index contributed by atoms with van der Waals surface area (Å²) in [5.74, 6) is 0.730. The van der Waals surface area contributed by atoms with Gasteiger partial charge in [0.2, 0.25) is 17.7 Å². The van der Waals surface area contributed by atoms with Gasteiger partial charge in [0, 0.05) is 16.6 Å². The summed E-state index contributed by atoms with van der Waals surface area (Å²) in [4.78, 5) is 48.4. The van der Waals surface area contributed by atoms with Gasteiger partial charge in [0.25, 0.3) is 0 Å². The number of thiazole rings is 1. The SMILES string of the molecule is Cc1ncsc1-c1ccc([C@H](C)NC(=O)[C@@H]2CCCN2C(=O)C(NC(=O)COCCOCCOCCOc2ccc(Oc3c(-c4ccc(F)cc4)sc4cc(O)ccc34)cc2)C(C)(C)C)cc1. The van der Waals surface area contributed by atoms with Crippen LogP contribution in [0.4, 0.5) is 4.39 Å². The number of phenols is 1. The molecule has 3 amide bonds. The van der Waals surface area contributed by atoms with Crippen molar-refractivity contribution in [3.63, 3.8) is 0 Å². The lowest BCUT2D eigenvalue weighted by molar-refractivity contribution is -0.144. The summed E-state index contributed by atoms with van der Waals surface area (Å²) >= 11 is 3.05. The number of phenolic OH excluding ortho intramolecular Hbond substituents is 1. The molecule has 13 nitrogen and oxygen atoms in total. The number of benzene rings is 4. The maximum atomic E-state index is 14.0. The predicted octanol–water partition coefficient (Wildman–Crippen LogP) is 9.47. The molecule has 6 aromatic rings. The van der Waals surface area contributed by atoms with Crippen molar-refractivity contribution >= 4 is 50.5 Å². The van der Waals surface area contributed by atoms with Crippen LogP contribution in [0.1, 0.15) is 57.8 Å². The molecule has 3 N–H and O–H groups in total. The van der Waals surface area contributed by atoms with Crippen molar-refractivity contribution < 1.29 is 47.6 Å². The zero-order valence-electron chi connectivity index (χ0n) is 38.3. The van der Waals surface area contributed by atoms with Gasteiger partial charge >= 0.3 is 0 Å². The molecule has 2 aromatic heterocycles. The average molecular weight is 953 g/mol. The van der Waals surface area contributed by atoms with E-state index >= 15 is 0 Å². The lowest BCUT2D eigenvalue weighted by atomic mass is 9.85. The number of likely N-dealkylation sites (tertiary alicyclic amines) is 1. The Hall–Kier alpha value is -5.91. The third-order valence-electron chi connectivity index (χ3n) is 11.3. The number of amides is 3. The smallest absolute Gasteiger partial charge is 0.246 e. The highest BCUT2D eigenvalue weighted by molar-refractivity contribution is 7.22. The molecule has 67 heavy (non-hydrogen) atoms. The van der Waals surface area contributed by atoms with Crippen molar-refractivity contribution in [2.75, 3.05) is 52.8 Å². The molecule has 3 heterocycles. The first-order valence-corrected chi connectivity index (χ1v) is 24.0. The molecule has 7 rings (SSSR count). The Morgan fingerprint density at radius 3 is 2.15 bits per heavy atom. The molecule has 0 saturated carbocycles. The van der Waals surface area contributed by atoms with E-state index in [1.165, 1.54) is 23.5 Å². The maximum Gasteiger partial charge on any atom is 0.246 e. The number of fused-ring (bicyclic) bond motifs is 1. The second kappa shape index (κ2) is 22.7. The number of thiophene rings is 1. The first kappa shape index (κ1) is 49.0. The molecule has 16 heteroatoms. The van der Waals surface area contributed by atoms with E-state index in [1.54, 1.807) is 70.8 Å². The van der Waals surface area contributed by atoms with Gasteiger partial charge in [-0.1, -0.05) is 57.2 Å². The summed E-state index contributed by atoms with van der Waals surface area (Å²) in [6.45, 7) is 11.5. The van der Waals surface area contributed by atoms with Crippen LogP contribution in [0.15, 0.2) is 96.5 Å². The van der Waals surface area contributed by atoms with E-state index in [-0.39, 0.29) is 49.2 Å². The van der Waals surface area contributed by atoms with Crippen molar-refractivity contribution in [1.82, 2.24) is 20.5 Å². The standard InChI is InChI=1S/C51H57FN4O9S2/c1-32(34-8-10-35(11-9-34)46-33(2)53-31-66-46)54-49(59)42-7-6-22-56(42)50(60)48(51(3,4)5)55-44(58)30-63-26-25-61-23-24-62-27-28-64-39-17-19-40(20-18-39)65-45-41-21-16-38(57)29-43(41)67-47(45)36-12-14-37(52)15-13-36/h8-21,29,31-32,42,48,57H,6-7,22-28,30H2,1-5H3,(H,54,59)(H,55,58)/t32-,42-,48?/m0/s1. The van der Waals surface area contributed by atoms with Crippen molar-refractivity contribution in [2.45, 2.75) is 65.6 Å². The Bertz CT molecular complexity index is 2590. The second-order valence-electron chi connectivity index (χ2n) is 17.3. The molecular formula is C51H57FN4O9S2. The largest absolute Gasteiger partial charge is 0.508 e. The Morgan fingerprint density at radius 2 is 1.48 bits per heavy atom. The number of ether oxygens (including phenoxy) is 5. The van der Waals surface area contributed by atoms with Gasteiger partial charge in [0.1, 0.15) is 48.4 Å². The number of carbonyl (C=O) groups excluding carboxylic acids is 3. The molecule has 0 spiro atoms. The number of aryl methyl sites for hydroxylation is 1. The van der Waals surface area contributed by atoms with Crippen LogP contribution < -0.4 is 20.1 Å². The molecular weight excluding hydrogens is 896 g/mol. The van der Waals surface area contributed by atoms with Crippen molar-refractivity contribution in [2.24, 2.45) is 5.41 Å². The Kier molecular flexibility index (Phi) is 16.6. The molecule has 354 valence electrons. The van der Waals surface area contributed by atoms with Crippen LogP contribution in [-0.2, 0) is 28.6 Å². The number of halogens is 1. The van der Waals surface area contributed by atoms with Crippen LogP contribution in [0, 0.1) is 18.2 Å². The first-order chi connectivity index (χ1) is 32.2. The fraction of sp³-hybridized carbons (Fsp3) is 0.373. The van der Waals surface area contributed by atoms with Gasteiger partial charge in [-0.2, -0.15) is 0 Å². The number of nitrogens with one attached hydrogen (secondary N) is 2. The van der Waals surface area contributed by atoms with Crippen molar-refractivity contribution in [3.05, 3.63) is 114 Å². The normalized spacial score (nSPS) is 14.8. The number of rotatable bonds is 21. The highest BCUT2D eigenvalue weighted by Crippen LogP contribution is 2.47. The van der Waals surface area contributed by atoms with Crippen LogP contribution in [-0.4, -0.2) is 97.6 Å². The number of hydrogen-bond donors (Lipinski definition) is 3. The summed E-state index contributed by atoms with van der Waals surface area (Å²) in [5, 5.41) is 16.8. The quantitative estimate of drug-likeness (QED) is 0.0594. The van der Waals surface area contributed by atoms with Crippen molar-refractivity contribution in [3.8, 4) is 43.9 Å². The highest BCUT2D eigenvalue weighted by Gasteiger charge is 2.42. The van der Waals surface area contributed by atoms with Gasteiger partial charge in [0.15, 0.2) is 5.75 Å². The van der Waals surface area contributed by atoms with Gasteiger partial charge in [-0.15, -0.1) is 22.7 Å². The third-order valence-corrected chi connectivity index (χ3v) is 13.4. The molecule has 4 aromatic carbocycles. The number of carbonyl (C=O) groups is 3. The molecule has 3 atom stereocenters. The minimum Gasteiger partial charge on any atom is -0.508 e. The molecule has 1 saturated heterocycles. The van der Waals surface area contributed by atoms with E-state index in [9.17, 15) is 23.9 Å². The Labute approximate surface area is 398 Å². The lowest BCUT2D eigenvalue weighted by Gasteiger charge is -2.35. The van der Waals surface area contributed by atoms with Crippen LogP contribution in [0.3, 0.4) is 0 Å². The number of nitrogens with zero attached hydrogens (tertiary/aromatic N) is 2.